The summed E-state index contributed by atoms with van der Waals surface area (Å²) in [6.45, 7) is 2.20. The van der Waals surface area contributed by atoms with Gasteiger partial charge >= 0.3 is 0 Å². The lowest BCUT2D eigenvalue weighted by molar-refractivity contribution is 0.415. The molecule has 4 nitrogen and oxygen atoms in total. The Balaban J connectivity index is 1.90. The van der Waals surface area contributed by atoms with Crippen molar-refractivity contribution in [3.05, 3.63) is 60.2 Å². The molecule has 2 N–H and O–H groups in total. The number of rotatable bonds is 6. The number of ether oxygens (including phenoxy) is 1. The Morgan fingerprint density at radius 3 is 2.46 bits per heavy atom. The van der Waals surface area contributed by atoms with E-state index in [1.54, 1.807) is 18.4 Å². The minimum atomic E-state index is 0.304. The first-order valence-corrected chi connectivity index (χ1v) is 10.3. The number of thiophene rings is 1. The summed E-state index contributed by atoms with van der Waals surface area (Å²) in [5.74, 6) is 1.13. The summed E-state index contributed by atoms with van der Waals surface area (Å²) >= 11 is 1.75. The summed E-state index contributed by atoms with van der Waals surface area (Å²) in [6, 6.07) is 18.6. The molecule has 0 aliphatic heterocycles. The number of nitrogens with zero attached hydrogens (tertiary/aromatic N) is 2. The molecule has 5 heteroatoms. The summed E-state index contributed by atoms with van der Waals surface area (Å²) < 4.78 is 6.55. The Labute approximate surface area is 169 Å². The summed E-state index contributed by atoms with van der Waals surface area (Å²) in [4.78, 5) is 10.4. The lowest BCUT2D eigenvalue weighted by Crippen LogP contribution is -2.05. The quantitative estimate of drug-likeness (QED) is 0.442. The van der Waals surface area contributed by atoms with Gasteiger partial charge in [0, 0.05) is 15.8 Å². The zero-order chi connectivity index (χ0) is 19.5. The fraction of sp³-hybridized carbons (Fsp3) is 0.217. The summed E-state index contributed by atoms with van der Waals surface area (Å²) in [7, 11) is 1.67. The van der Waals surface area contributed by atoms with Gasteiger partial charge in [-0.2, -0.15) is 0 Å². The average molecular weight is 390 g/mol. The van der Waals surface area contributed by atoms with E-state index in [-0.39, 0.29) is 0 Å². The van der Waals surface area contributed by atoms with Crippen LogP contribution in [0.1, 0.15) is 25.3 Å². The lowest BCUT2D eigenvalue weighted by atomic mass is 9.98. The highest BCUT2D eigenvalue weighted by atomic mass is 32.1. The van der Waals surface area contributed by atoms with Crippen LogP contribution in [0.4, 0.5) is 5.95 Å². The molecule has 0 saturated heterocycles. The lowest BCUT2D eigenvalue weighted by Gasteiger charge is -2.14. The highest BCUT2D eigenvalue weighted by Gasteiger charge is 2.18. The van der Waals surface area contributed by atoms with Crippen molar-refractivity contribution in [3.63, 3.8) is 0 Å². The van der Waals surface area contributed by atoms with Crippen LogP contribution in [0.5, 0.6) is 5.75 Å². The number of benzene rings is 2. The van der Waals surface area contributed by atoms with Crippen molar-refractivity contribution in [1.82, 2.24) is 9.97 Å². The van der Waals surface area contributed by atoms with Gasteiger partial charge in [0.05, 0.1) is 23.4 Å². The van der Waals surface area contributed by atoms with Crippen molar-refractivity contribution in [2.24, 2.45) is 0 Å². The molecule has 0 unspecified atom stereocenters. The first-order valence-electron chi connectivity index (χ1n) is 9.49. The molecule has 2 aromatic heterocycles. The molecule has 0 saturated carbocycles. The zero-order valence-corrected chi connectivity index (χ0v) is 16.9. The van der Waals surface area contributed by atoms with E-state index in [2.05, 4.69) is 47.2 Å². The Hall–Kier alpha value is -2.92. The van der Waals surface area contributed by atoms with Crippen LogP contribution >= 0.6 is 11.3 Å². The number of nitrogen functional groups attached to an aromatic ring is 1. The maximum Gasteiger partial charge on any atom is 0.221 e. The molecule has 4 aromatic rings. The molecular weight excluding hydrogens is 366 g/mol. The van der Waals surface area contributed by atoms with E-state index >= 15 is 0 Å². The third-order valence-corrected chi connectivity index (χ3v) is 5.95. The van der Waals surface area contributed by atoms with Gasteiger partial charge in [-0.1, -0.05) is 31.5 Å². The van der Waals surface area contributed by atoms with Crippen LogP contribution in [0.25, 0.3) is 31.9 Å². The third kappa shape index (κ3) is 3.58. The van der Waals surface area contributed by atoms with E-state index in [4.69, 9.17) is 10.5 Å². The monoisotopic (exact) mass is 389 g/mol. The predicted octanol–water partition coefficient (Wildman–Crippen LogP) is 5.96. The number of fused-ring (bicyclic) bond motifs is 1. The smallest absolute Gasteiger partial charge is 0.221 e. The first kappa shape index (κ1) is 18.4. The van der Waals surface area contributed by atoms with Crippen LogP contribution in [0.3, 0.4) is 0 Å². The standard InChI is InChI=1S/C23H23N3OS/c1-3-4-8-18-21(15-10-12-17(27-2)13-11-15)25-23(24)26-22(18)20-14-16-7-5-6-9-19(16)28-20/h5-7,9-14H,3-4,8H2,1-2H3,(H2,24,25,26). The number of unbranched alkanes of at least 4 members (excludes halogenated alkanes) is 1. The molecule has 0 fully saturated rings. The topological polar surface area (TPSA) is 61.0 Å². The van der Waals surface area contributed by atoms with E-state index in [1.165, 1.54) is 10.1 Å². The highest BCUT2D eigenvalue weighted by Crippen LogP contribution is 2.38. The maximum absolute atomic E-state index is 6.14. The number of aromatic nitrogens is 2. The van der Waals surface area contributed by atoms with E-state index < -0.39 is 0 Å². The molecule has 4 rings (SSSR count). The van der Waals surface area contributed by atoms with E-state index in [9.17, 15) is 0 Å². The molecule has 142 valence electrons. The molecular formula is C23H23N3OS. The molecule has 0 bridgehead atoms. The van der Waals surface area contributed by atoms with Crippen molar-refractivity contribution in [2.75, 3.05) is 12.8 Å². The predicted molar refractivity (Wildman–Crippen MR) is 118 cm³/mol. The summed E-state index contributed by atoms with van der Waals surface area (Å²) in [6.07, 6.45) is 3.11. The highest BCUT2D eigenvalue weighted by molar-refractivity contribution is 7.22. The van der Waals surface area contributed by atoms with Gasteiger partial charge in [-0.05, 0) is 54.6 Å². The van der Waals surface area contributed by atoms with Gasteiger partial charge in [-0.15, -0.1) is 11.3 Å². The van der Waals surface area contributed by atoms with Crippen LogP contribution in [-0.4, -0.2) is 17.1 Å². The van der Waals surface area contributed by atoms with Crippen LogP contribution in [-0.2, 0) is 6.42 Å². The Morgan fingerprint density at radius 2 is 1.75 bits per heavy atom. The van der Waals surface area contributed by atoms with Crippen molar-refractivity contribution in [3.8, 4) is 27.6 Å². The Morgan fingerprint density at radius 1 is 1.00 bits per heavy atom. The fourth-order valence-corrected chi connectivity index (χ4v) is 4.46. The van der Waals surface area contributed by atoms with Crippen LogP contribution in [0.2, 0.25) is 0 Å². The first-order chi connectivity index (χ1) is 13.7. The molecule has 0 aliphatic rings. The zero-order valence-electron chi connectivity index (χ0n) is 16.1. The SMILES string of the molecule is CCCCc1c(-c2ccc(OC)cc2)nc(N)nc1-c1cc2ccccc2s1. The Bertz CT molecular complexity index is 1070. The average Bonchev–Trinajstić information content (AvgIpc) is 3.16. The summed E-state index contributed by atoms with van der Waals surface area (Å²) in [5.41, 5.74) is 10.2. The molecule has 2 heterocycles. The Kier molecular flexibility index (Phi) is 5.26. The van der Waals surface area contributed by atoms with Gasteiger partial charge in [-0.25, -0.2) is 9.97 Å². The van der Waals surface area contributed by atoms with Crippen molar-refractivity contribution < 1.29 is 4.74 Å². The van der Waals surface area contributed by atoms with Gasteiger partial charge in [0.25, 0.3) is 0 Å². The molecule has 2 aromatic carbocycles. The van der Waals surface area contributed by atoms with E-state index in [0.717, 1.165) is 52.4 Å². The minimum Gasteiger partial charge on any atom is -0.497 e. The van der Waals surface area contributed by atoms with Crippen LogP contribution in [0.15, 0.2) is 54.6 Å². The van der Waals surface area contributed by atoms with Gasteiger partial charge in [0.2, 0.25) is 5.95 Å². The van der Waals surface area contributed by atoms with Gasteiger partial charge < -0.3 is 10.5 Å². The number of nitrogens with two attached hydrogens (primary N) is 1. The molecule has 0 amide bonds. The maximum atomic E-state index is 6.14. The van der Waals surface area contributed by atoms with E-state index in [0.29, 0.717) is 5.95 Å². The minimum absolute atomic E-state index is 0.304. The largest absolute Gasteiger partial charge is 0.497 e. The molecule has 0 aliphatic carbocycles. The van der Waals surface area contributed by atoms with Crippen LogP contribution in [0, 0.1) is 0 Å². The molecule has 0 radical (unpaired) electrons. The molecule has 28 heavy (non-hydrogen) atoms. The van der Waals surface area contributed by atoms with Crippen LogP contribution < -0.4 is 10.5 Å². The van der Waals surface area contributed by atoms with Crippen molar-refractivity contribution in [2.45, 2.75) is 26.2 Å². The van der Waals surface area contributed by atoms with Crippen molar-refractivity contribution in [1.29, 1.82) is 0 Å². The number of hydrogen-bond donors (Lipinski definition) is 1. The normalized spacial score (nSPS) is 11.1. The second kappa shape index (κ2) is 7.98. The fourth-order valence-electron chi connectivity index (χ4n) is 3.38. The van der Waals surface area contributed by atoms with Crippen molar-refractivity contribution >= 4 is 27.4 Å². The second-order valence-corrected chi connectivity index (χ2v) is 7.82. The van der Waals surface area contributed by atoms with Gasteiger partial charge in [-0.3, -0.25) is 0 Å². The number of anilines is 1. The molecule has 0 spiro atoms. The second-order valence-electron chi connectivity index (χ2n) is 6.74. The molecule has 0 atom stereocenters. The van der Waals surface area contributed by atoms with E-state index in [1.807, 2.05) is 24.3 Å². The number of hydrogen-bond acceptors (Lipinski definition) is 5. The summed E-state index contributed by atoms with van der Waals surface area (Å²) in [5, 5.41) is 1.23. The third-order valence-electron chi connectivity index (χ3n) is 4.83. The van der Waals surface area contributed by atoms with Gasteiger partial charge in [0.15, 0.2) is 0 Å². The number of methoxy groups -OCH3 is 1. The van der Waals surface area contributed by atoms with Gasteiger partial charge in [0.1, 0.15) is 5.75 Å².